The lowest BCUT2D eigenvalue weighted by molar-refractivity contribution is -0.124. The summed E-state index contributed by atoms with van der Waals surface area (Å²) >= 11 is 0. The standard InChI is InChI=1S/C13H22N2O3/c1-5-6-15-12(13(17-3)18-4)10-7-11(16-2)9-14-8-10/h7-9,12-13,15H,5-6H2,1-4H3. The van der Waals surface area contributed by atoms with E-state index in [9.17, 15) is 0 Å². The monoisotopic (exact) mass is 254 g/mol. The van der Waals surface area contributed by atoms with Crippen molar-refractivity contribution in [3.63, 3.8) is 0 Å². The molecular formula is C13H22N2O3. The zero-order valence-corrected chi connectivity index (χ0v) is 11.5. The Kier molecular flexibility index (Phi) is 6.64. The molecule has 5 heteroatoms. The van der Waals surface area contributed by atoms with E-state index < -0.39 is 0 Å². The van der Waals surface area contributed by atoms with Crippen LogP contribution in [-0.2, 0) is 9.47 Å². The lowest BCUT2D eigenvalue weighted by Gasteiger charge is -2.26. The first-order valence-corrected chi connectivity index (χ1v) is 6.04. The van der Waals surface area contributed by atoms with E-state index in [1.807, 2.05) is 6.07 Å². The molecule has 18 heavy (non-hydrogen) atoms. The van der Waals surface area contributed by atoms with Crippen molar-refractivity contribution in [2.24, 2.45) is 0 Å². The number of ether oxygens (including phenoxy) is 3. The summed E-state index contributed by atoms with van der Waals surface area (Å²) < 4.78 is 15.9. The van der Waals surface area contributed by atoms with E-state index in [1.54, 1.807) is 33.7 Å². The molecule has 0 aliphatic carbocycles. The molecule has 0 fully saturated rings. The second kappa shape index (κ2) is 8.02. The maximum absolute atomic E-state index is 5.33. The number of hydrogen-bond donors (Lipinski definition) is 1. The van der Waals surface area contributed by atoms with Gasteiger partial charge in [0.15, 0.2) is 6.29 Å². The van der Waals surface area contributed by atoms with Crippen LogP contribution in [0.5, 0.6) is 5.75 Å². The molecule has 0 aliphatic rings. The summed E-state index contributed by atoms with van der Waals surface area (Å²) in [6, 6.07) is 1.87. The van der Waals surface area contributed by atoms with Crippen LogP contribution in [0.4, 0.5) is 0 Å². The van der Waals surface area contributed by atoms with Crippen LogP contribution in [-0.4, -0.2) is 39.1 Å². The molecule has 5 nitrogen and oxygen atoms in total. The van der Waals surface area contributed by atoms with E-state index in [1.165, 1.54) is 0 Å². The number of nitrogens with one attached hydrogen (secondary N) is 1. The van der Waals surface area contributed by atoms with Gasteiger partial charge in [-0.1, -0.05) is 6.92 Å². The second-order valence-corrected chi connectivity index (χ2v) is 3.93. The summed E-state index contributed by atoms with van der Waals surface area (Å²) in [5.41, 5.74) is 0.983. The van der Waals surface area contributed by atoms with Crippen LogP contribution in [0.15, 0.2) is 18.5 Å². The zero-order chi connectivity index (χ0) is 13.4. The Labute approximate surface area is 108 Å². The lowest BCUT2D eigenvalue weighted by Crippen LogP contribution is -2.35. The first-order chi connectivity index (χ1) is 8.76. The van der Waals surface area contributed by atoms with Gasteiger partial charge in [0, 0.05) is 20.4 Å². The smallest absolute Gasteiger partial charge is 0.176 e. The van der Waals surface area contributed by atoms with Gasteiger partial charge in [-0.3, -0.25) is 4.98 Å². The maximum Gasteiger partial charge on any atom is 0.176 e. The summed E-state index contributed by atoms with van der Waals surface area (Å²) in [5, 5.41) is 3.39. The molecule has 1 aromatic rings. The topological polar surface area (TPSA) is 52.6 Å². The Morgan fingerprint density at radius 2 is 1.94 bits per heavy atom. The highest BCUT2D eigenvalue weighted by Gasteiger charge is 2.22. The van der Waals surface area contributed by atoms with Crippen molar-refractivity contribution >= 4 is 0 Å². The minimum atomic E-state index is -0.356. The normalized spacial score (nSPS) is 12.7. The van der Waals surface area contributed by atoms with Gasteiger partial charge in [-0.15, -0.1) is 0 Å². The highest BCUT2D eigenvalue weighted by Crippen LogP contribution is 2.22. The lowest BCUT2D eigenvalue weighted by atomic mass is 10.1. The van der Waals surface area contributed by atoms with Gasteiger partial charge < -0.3 is 19.5 Å². The molecule has 0 saturated carbocycles. The van der Waals surface area contributed by atoms with Gasteiger partial charge in [0.2, 0.25) is 0 Å². The molecule has 102 valence electrons. The molecular weight excluding hydrogens is 232 g/mol. The third-order valence-corrected chi connectivity index (χ3v) is 2.68. The number of rotatable bonds is 8. The highest BCUT2D eigenvalue weighted by atomic mass is 16.7. The first kappa shape index (κ1) is 14.9. The molecule has 0 amide bonds. The minimum absolute atomic E-state index is 0.0671. The van der Waals surface area contributed by atoms with Crippen LogP contribution in [0.25, 0.3) is 0 Å². The number of methoxy groups -OCH3 is 3. The number of hydrogen-bond acceptors (Lipinski definition) is 5. The Morgan fingerprint density at radius 3 is 2.50 bits per heavy atom. The van der Waals surface area contributed by atoms with Crippen LogP contribution < -0.4 is 10.1 Å². The molecule has 0 radical (unpaired) electrons. The van der Waals surface area contributed by atoms with Gasteiger partial charge in [0.05, 0.1) is 19.3 Å². The molecule has 1 atom stereocenters. The summed E-state index contributed by atoms with van der Waals surface area (Å²) in [7, 11) is 4.88. The van der Waals surface area contributed by atoms with Gasteiger partial charge >= 0.3 is 0 Å². The van der Waals surface area contributed by atoms with Gasteiger partial charge in [-0.25, -0.2) is 0 Å². The van der Waals surface area contributed by atoms with E-state index in [0.717, 1.165) is 24.3 Å². The van der Waals surface area contributed by atoms with Crippen molar-refractivity contribution in [1.29, 1.82) is 0 Å². The quantitative estimate of drug-likeness (QED) is 0.716. The fourth-order valence-electron chi connectivity index (χ4n) is 1.76. The minimum Gasteiger partial charge on any atom is -0.495 e. The largest absolute Gasteiger partial charge is 0.495 e. The van der Waals surface area contributed by atoms with Crippen molar-refractivity contribution in [3.8, 4) is 5.75 Å². The third kappa shape index (κ3) is 3.94. The molecule has 0 aliphatic heterocycles. The second-order valence-electron chi connectivity index (χ2n) is 3.93. The van der Waals surface area contributed by atoms with Crippen molar-refractivity contribution < 1.29 is 14.2 Å². The summed E-state index contributed by atoms with van der Waals surface area (Å²) in [6.45, 7) is 2.99. The van der Waals surface area contributed by atoms with Gasteiger partial charge in [0.25, 0.3) is 0 Å². The number of aromatic nitrogens is 1. The Balaban J connectivity index is 2.92. The molecule has 1 rings (SSSR count). The maximum atomic E-state index is 5.33. The van der Waals surface area contributed by atoms with Crippen LogP contribution in [0.2, 0.25) is 0 Å². The van der Waals surface area contributed by atoms with Gasteiger partial charge in [-0.05, 0) is 24.6 Å². The van der Waals surface area contributed by atoms with Crippen molar-refractivity contribution in [3.05, 3.63) is 24.0 Å². The SMILES string of the molecule is CCCNC(c1cncc(OC)c1)C(OC)OC. The van der Waals surface area contributed by atoms with Crippen molar-refractivity contribution in [2.75, 3.05) is 27.9 Å². The molecule has 0 bridgehead atoms. The van der Waals surface area contributed by atoms with Crippen LogP contribution in [0.1, 0.15) is 24.9 Å². The van der Waals surface area contributed by atoms with E-state index in [4.69, 9.17) is 14.2 Å². The van der Waals surface area contributed by atoms with Crippen LogP contribution in [0.3, 0.4) is 0 Å². The van der Waals surface area contributed by atoms with Crippen LogP contribution in [0, 0.1) is 0 Å². The molecule has 1 unspecified atom stereocenters. The number of nitrogens with zero attached hydrogens (tertiary/aromatic N) is 1. The van der Waals surface area contributed by atoms with Crippen molar-refractivity contribution in [1.82, 2.24) is 10.3 Å². The predicted octanol–water partition coefficient (Wildman–Crippen LogP) is 1.75. The van der Waals surface area contributed by atoms with Gasteiger partial charge in [0.1, 0.15) is 5.75 Å². The summed E-state index contributed by atoms with van der Waals surface area (Å²) in [4.78, 5) is 4.16. The third-order valence-electron chi connectivity index (χ3n) is 2.68. The van der Waals surface area contributed by atoms with E-state index in [-0.39, 0.29) is 12.3 Å². The predicted molar refractivity (Wildman–Crippen MR) is 69.6 cm³/mol. The Hall–Kier alpha value is -1.17. The first-order valence-electron chi connectivity index (χ1n) is 6.04. The fraction of sp³-hybridized carbons (Fsp3) is 0.615. The molecule has 0 aromatic carbocycles. The Morgan fingerprint density at radius 1 is 1.22 bits per heavy atom. The average molecular weight is 254 g/mol. The van der Waals surface area contributed by atoms with Gasteiger partial charge in [-0.2, -0.15) is 0 Å². The average Bonchev–Trinajstić information content (AvgIpc) is 2.43. The van der Waals surface area contributed by atoms with Crippen molar-refractivity contribution in [2.45, 2.75) is 25.7 Å². The summed E-state index contributed by atoms with van der Waals surface area (Å²) in [6.07, 6.45) is 4.15. The van der Waals surface area contributed by atoms with E-state index in [0.29, 0.717) is 0 Å². The molecule has 0 saturated heterocycles. The molecule has 0 spiro atoms. The Bertz CT molecular complexity index is 343. The molecule has 1 aromatic heterocycles. The zero-order valence-electron chi connectivity index (χ0n) is 11.5. The van der Waals surface area contributed by atoms with E-state index >= 15 is 0 Å². The van der Waals surface area contributed by atoms with E-state index in [2.05, 4.69) is 17.2 Å². The highest BCUT2D eigenvalue weighted by molar-refractivity contribution is 5.26. The number of pyridine rings is 1. The molecule has 1 N–H and O–H groups in total. The fourth-order valence-corrected chi connectivity index (χ4v) is 1.76. The summed E-state index contributed by atoms with van der Waals surface area (Å²) in [5.74, 6) is 0.724. The molecule has 1 heterocycles. The van der Waals surface area contributed by atoms with Crippen LogP contribution >= 0.6 is 0 Å².